The van der Waals surface area contributed by atoms with E-state index in [4.69, 9.17) is 0 Å². The predicted molar refractivity (Wildman–Crippen MR) is 82.2 cm³/mol. The van der Waals surface area contributed by atoms with Gasteiger partial charge in [0.2, 0.25) is 0 Å². The van der Waals surface area contributed by atoms with E-state index in [9.17, 15) is 4.79 Å². The highest BCUT2D eigenvalue weighted by atomic mass is 16.2. The van der Waals surface area contributed by atoms with Crippen LogP contribution in [0.2, 0.25) is 0 Å². The Hall–Kier alpha value is -1.52. The third-order valence-corrected chi connectivity index (χ3v) is 4.69. The minimum Gasteiger partial charge on any atom is -0.332 e. The lowest BCUT2D eigenvalue weighted by Crippen LogP contribution is -2.37. The summed E-state index contributed by atoms with van der Waals surface area (Å²) in [5, 5.41) is 0. The van der Waals surface area contributed by atoms with Crippen LogP contribution in [0.4, 0.5) is 4.79 Å². The van der Waals surface area contributed by atoms with Crippen LogP contribution in [-0.4, -0.2) is 52.6 Å². The average molecular weight is 290 g/mol. The Bertz CT molecular complexity index is 518. The van der Waals surface area contributed by atoms with Gasteiger partial charge in [-0.05, 0) is 38.0 Å². The van der Waals surface area contributed by atoms with Crippen molar-refractivity contribution < 1.29 is 4.79 Å². The Morgan fingerprint density at radius 1 is 1.33 bits per heavy atom. The second-order valence-corrected chi connectivity index (χ2v) is 6.85. The van der Waals surface area contributed by atoms with Crippen LogP contribution in [0.15, 0.2) is 6.20 Å². The van der Waals surface area contributed by atoms with E-state index in [2.05, 4.69) is 16.5 Å². The molecule has 0 bridgehead atoms. The summed E-state index contributed by atoms with van der Waals surface area (Å²) >= 11 is 0. The number of amides is 2. The van der Waals surface area contributed by atoms with Crippen molar-refractivity contribution in [1.82, 2.24) is 19.4 Å². The van der Waals surface area contributed by atoms with Crippen LogP contribution >= 0.6 is 0 Å². The Labute approximate surface area is 126 Å². The van der Waals surface area contributed by atoms with Gasteiger partial charge in [0, 0.05) is 52.0 Å². The predicted octanol–water partition coefficient (Wildman–Crippen LogP) is 2.15. The van der Waals surface area contributed by atoms with Gasteiger partial charge in [-0.3, -0.25) is 0 Å². The van der Waals surface area contributed by atoms with Gasteiger partial charge in [-0.2, -0.15) is 0 Å². The highest BCUT2D eigenvalue weighted by molar-refractivity contribution is 5.74. The van der Waals surface area contributed by atoms with Crippen LogP contribution in [0.25, 0.3) is 0 Å². The van der Waals surface area contributed by atoms with Crippen LogP contribution < -0.4 is 0 Å². The second-order valence-electron chi connectivity index (χ2n) is 6.85. The molecular formula is C16H26N4O. The second kappa shape index (κ2) is 5.70. The SMILES string of the molecule is Cc1cnc(CC2CCN(C(=O)N(C)C)C2)n1CC1CC1. The monoisotopic (exact) mass is 290 g/mol. The molecule has 1 unspecified atom stereocenters. The molecule has 0 radical (unpaired) electrons. The number of aromatic nitrogens is 2. The summed E-state index contributed by atoms with van der Waals surface area (Å²) in [6.45, 7) is 5.03. The van der Waals surface area contributed by atoms with Gasteiger partial charge in [-0.15, -0.1) is 0 Å². The van der Waals surface area contributed by atoms with Gasteiger partial charge in [0.05, 0.1) is 0 Å². The van der Waals surface area contributed by atoms with Gasteiger partial charge in [-0.25, -0.2) is 9.78 Å². The number of hydrogen-bond donors (Lipinski definition) is 0. The molecule has 1 aromatic heterocycles. The minimum atomic E-state index is 0.134. The van der Waals surface area contributed by atoms with Crippen LogP contribution in [0.5, 0.6) is 0 Å². The molecule has 2 aliphatic rings. The summed E-state index contributed by atoms with van der Waals surface area (Å²) in [6.07, 6.45) is 6.82. The summed E-state index contributed by atoms with van der Waals surface area (Å²) in [6, 6.07) is 0.134. The molecule has 0 N–H and O–H groups in total. The number of hydrogen-bond acceptors (Lipinski definition) is 2. The van der Waals surface area contributed by atoms with E-state index in [1.54, 1.807) is 4.90 Å². The molecule has 2 fully saturated rings. The summed E-state index contributed by atoms with van der Waals surface area (Å²) in [7, 11) is 3.64. The van der Waals surface area contributed by atoms with Crippen molar-refractivity contribution in [3.8, 4) is 0 Å². The molecule has 0 aromatic carbocycles. The van der Waals surface area contributed by atoms with Crippen LogP contribution in [-0.2, 0) is 13.0 Å². The first kappa shape index (κ1) is 14.4. The highest BCUT2D eigenvalue weighted by Gasteiger charge is 2.29. The number of carbonyl (C=O) groups excluding carboxylic acids is 1. The lowest BCUT2D eigenvalue weighted by atomic mass is 10.0. The fourth-order valence-electron chi connectivity index (χ4n) is 3.20. The number of urea groups is 1. The van der Waals surface area contributed by atoms with Crippen molar-refractivity contribution >= 4 is 6.03 Å². The third-order valence-electron chi connectivity index (χ3n) is 4.69. The van der Waals surface area contributed by atoms with Crippen molar-refractivity contribution in [3.05, 3.63) is 17.7 Å². The van der Waals surface area contributed by atoms with E-state index in [1.807, 2.05) is 25.2 Å². The van der Waals surface area contributed by atoms with Crippen molar-refractivity contribution in [2.45, 2.75) is 39.2 Å². The molecule has 2 heterocycles. The fourth-order valence-corrected chi connectivity index (χ4v) is 3.20. The van der Waals surface area contributed by atoms with E-state index in [0.717, 1.165) is 38.4 Å². The highest BCUT2D eigenvalue weighted by Crippen LogP contribution is 2.32. The Morgan fingerprint density at radius 3 is 2.76 bits per heavy atom. The largest absolute Gasteiger partial charge is 0.332 e. The number of aryl methyl sites for hydroxylation is 1. The topological polar surface area (TPSA) is 41.4 Å². The average Bonchev–Trinajstić information content (AvgIpc) is 3.05. The number of nitrogens with zero attached hydrogens (tertiary/aromatic N) is 4. The standard InChI is InChI=1S/C16H26N4O/c1-12-9-17-15(20(12)11-13-4-5-13)8-14-6-7-19(10-14)16(21)18(2)3/h9,13-14H,4-8,10-11H2,1-3H3. The lowest BCUT2D eigenvalue weighted by Gasteiger charge is -2.21. The molecule has 1 aliphatic carbocycles. The number of imidazole rings is 1. The first-order valence-corrected chi connectivity index (χ1v) is 8.02. The minimum absolute atomic E-state index is 0.134. The first-order chi connectivity index (χ1) is 10.0. The van der Waals surface area contributed by atoms with Gasteiger partial charge in [-0.1, -0.05) is 0 Å². The molecule has 1 saturated heterocycles. The number of likely N-dealkylation sites (tertiary alicyclic amines) is 1. The smallest absolute Gasteiger partial charge is 0.319 e. The molecule has 1 atom stereocenters. The molecule has 3 rings (SSSR count). The van der Waals surface area contributed by atoms with E-state index in [0.29, 0.717) is 5.92 Å². The summed E-state index contributed by atoms with van der Waals surface area (Å²) in [5.41, 5.74) is 1.27. The summed E-state index contributed by atoms with van der Waals surface area (Å²) in [4.78, 5) is 20.2. The molecule has 1 aliphatic heterocycles. The van der Waals surface area contributed by atoms with E-state index in [1.165, 1.54) is 24.4 Å². The molecule has 5 nitrogen and oxygen atoms in total. The quantitative estimate of drug-likeness (QED) is 0.852. The van der Waals surface area contributed by atoms with Crippen molar-refractivity contribution in [3.63, 3.8) is 0 Å². The van der Waals surface area contributed by atoms with Crippen LogP contribution in [0.3, 0.4) is 0 Å². The molecule has 2 amide bonds. The third kappa shape index (κ3) is 3.22. The van der Waals surface area contributed by atoms with Crippen molar-refractivity contribution in [2.75, 3.05) is 27.2 Å². The van der Waals surface area contributed by atoms with Gasteiger partial charge >= 0.3 is 6.03 Å². The van der Waals surface area contributed by atoms with E-state index < -0.39 is 0 Å². The maximum atomic E-state index is 12.0. The van der Waals surface area contributed by atoms with Gasteiger partial charge < -0.3 is 14.4 Å². The maximum absolute atomic E-state index is 12.0. The molecular weight excluding hydrogens is 264 g/mol. The molecule has 1 saturated carbocycles. The Balaban J connectivity index is 1.61. The maximum Gasteiger partial charge on any atom is 0.319 e. The zero-order valence-corrected chi connectivity index (χ0v) is 13.4. The summed E-state index contributed by atoms with van der Waals surface area (Å²) < 4.78 is 2.40. The van der Waals surface area contributed by atoms with Gasteiger partial charge in [0.25, 0.3) is 0 Å². The van der Waals surface area contributed by atoms with Crippen molar-refractivity contribution in [1.29, 1.82) is 0 Å². The molecule has 1 aromatic rings. The van der Waals surface area contributed by atoms with E-state index >= 15 is 0 Å². The zero-order valence-electron chi connectivity index (χ0n) is 13.4. The molecule has 5 heteroatoms. The Kier molecular flexibility index (Phi) is 3.91. The molecule has 21 heavy (non-hydrogen) atoms. The van der Waals surface area contributed by atoms with E-state index in [-0.39, 0.29) is 6.03 Å². The fraction of sp³-hybridized carbons (Fsp3) is 0.750. The number of carbonyl (C=O) groups is 1. The van der Waals surface area contributed by atoms with Crippen LogP contribution in [0, 0.1) is 18.8 Å². The number of rotatable bonds is 4. The first-order valence-electron chi connectivity index (χ1n) is 8.02. The normalized spacial score (nSPS) is 21.9. The van der Waals surface area contributed by atoms with Crippen LogP contribution in [0.1, 0.15) is 30.8 Å². The molecule has 116 valence electrons. The van der Waals surface area contributed by atoms with Gasteiger partial charge in [0.1, 0.15) is 5.82 Å². The Morgan fingerprint density at radius 2 is 2.10 bits per heavy atom. The summed E-state index contributed by atoms with van der Waals surface area (Å²) in [5.74, 6) is 2.63. The van der Waals surface area contributed by atoms with Gasteiger partial charge in [0.15, 0.2) is 0 Å². The zero-order chi connectivity index (χ0) is 15.0. The lowest BCUT2D eigenvalue weighted by molar-refractivity contribution is 0.180. The molecule has 0 spiro atoms. The van der Waals surface area contributed by atoms with Crippen molar-refractivity contribution in [2.24, 2.45) is 11.8 Å².